The van der Waals surface area contributed by atoms with Crippen molar-refractivity contribution in [2.75, 3.05) is 4.90 Å². The summed E-state index contributed by atoms with van der Waals surface area (Å²) in [6.45, 7) is 6.12. The Labute approximate surface area is 197 Å². The van der Waals surface area contributed by atoms with Gasteiger partial charge in [-0.3, -0.25) is 14.3 Å². The highest BCUT2D eigenvalue weighted by Gasteiger charge is 2.34. The zero-order valence-electron chi connectivity index (χ0n) is 18.8. The van der Waals surface area contributed by atoms with E-state index >= 15 is 0 Å². The average molecular weight is 456 g/mol. The Morgan fingerprint density at radius 3 is 2.45 bits per heavy atom. The first-order valence-electron chi connectivity index (χ1n) is 11.0. The number of hydrogen-bond acceptors (Lipinski definition) is 5. The largest absolute Gasteiger partial charge is 0.308 e. The quantitative estimate of drug-likeness (QED) is 0.392. The van der Waals surface area contributed by atoms with Crippen molar-refractivity contribution < 1.29 is 4.79 Å². The molecular formula is C26H25N5OS. The van der Waals surface area contributed by atoms with Crippen molar-refractivity contribution in [3.63, 3.8) is 0 Å². The Balaban J connectivity index is 1.51. The molecule has 2 atom stereocenters. The van der Waals surface area contributed by atoms with Gasteiger partial charge in [0.15, 0.2) is 11.0 Å². The number of carbonyl (C=O) groups is 1. The van der Waals surface area contributed by atoms with Crippen LogP contribution in [-0.4, -0.2) is 36.9 Å². The van der Waals surface area contributed by atoms with Gasteiger partial charge in [0.1, 0.15) is 0 Å². The third-order valence-corrected chi connectivity index (χ3v) is 7.03. The van der Waals surface area contributed by atoms with Gasteiger partial charge in [-0.2, -0.15) is 0 Å². The molecule has 0 saturated carbocycles. The molecule has 5 rings (SSSR count). The van der Waals surface area contributed by atoms with Gasteiger partial charge < -0.3 is 4.90 Å². The van der Waals surface area contributed by atoms with Gasteiger partial charge in [0, 0.05) is 29.7 Å². The fourth-order valence-electron chi connectivity index (χ4n) is 4.37. The lowest BCUT2D eigenvalue weighted by atomic mass is 10.1. The second-order valence-corrected chi connectivity index (χ2v) is 9.62. The van der Waals surface area contributed by atoms with Crippen molar-refractivity contribution in [3.05, 3.63) is 84.2 Å². The second-order valence-electron chi connectivity index (χ2n) is 8.31. The molecule has 0 saturated heterocycles. The van der Waals surface area contributed by atoms with E-state index in [1.807, 2.05) is 58.9 Å². The van der Waals surface area contributed by atoms with E-state index in [9.17, 15) is 4.79 Å². The summed E-state index contributed by atoms with van der Waals surface area (Å²) in [6, 6.07) is 20.3. The van der Waals surface area contributed by atoms with Crippen LogP contribution in [0.5, 0.6) is 0 Å². The lowest BCUT2D eigenvalue weighted by Gasteiger charge is -2.25. The van der Waals surface area contributed by atoms with E-state index in [2.05, 4.69) is 47.2 Å². The number of rotatable bonds is 5. The highest BCUT2D eigenvalue weighted by molar-refractivity contribution is 8.00. The molecule has 0 spiro atoms. The molecule has 0 radical (unpaired) electrons. The molecule has 7 heteroatoms. The molecule has 33 heavy (non-hydrogen) atoms. The summed E-state index contributed by atoms with van der Waals surface area (Å²) in [6.07, 6.45) is 4.37. The lowest BCUT2D eigenvalue weighted by Crippen LogP contribution is -2.40. The van der Waals surface area contributed by atoms with Crippen molar-refractivity contribution in [2.24, 2.45) is 0 Å². The number of para-hydroxylation sites is 2. The number of aryl methyl sites for hydroxylation is 1. The Morgan fingerprint density at radius 1 is 1.00 bits per heavy atom. The van der Waals surface area contributed by atoms with Crippen LogP contribution in [0, 0.1) is 6.92 Å². The molecule has 0 unspecified atom stereocenters. The van der Waals surface area contributed by atoms with Crippen LogP contribution < -0.4 is 4.90 Å². The number of amides is 1. The smallest absolute Gasteiger partial charge is 0.240 e. The van der Waals surface area contributed by atoms with E-state index < -0.39 is 0 Å². The molecule has 2 aromatic heterocycles. The number of anilines is 1. The maximum Gasteiger partial charge on any atom is 0.240 e. The van der Waals surface area contributed by atoms with Crippen LogP contribution in [0.1, 0.15) is 25.0 Å². The number of pyridine rings is 1. The number of fused-ring (bicyclic) bond motifs is 1. The summed E-state index contributed by atoms with van der Waals surface area (Å²) >= 11 is 1.44. The Morgan fingerprint density at radius 2 is 1.70 bits per heavy atom. The molecule has 0 aliphatic carbocycles. The van der Waals surface area contributed by atoms with Crippen LogP contribution in [0.3, 0.4) is 0 Å². The van der Waals surface area contributed by atoms with E-state index in [0.717, 1.165) is 34.7 Å². The molecule has 1 amide bonds. The molecule has 1 aliphatic heterocycles. The normalized spacial score (nSPS) is 16.0. The van der Waals surface area contributed by atoms with Gasteiger partial charge in [-0.25, -0.2) is 0 Å². The molecule has 4 aromatic rings. The van der Waals surface area contributed by atoms with E-state index in [4.69, 9.17) is 0 Å². The third-order valence-electron chi connectivity index (χ3n) is 6.00. The molecular weight excluding hydrogens is 430 g/mol. The average Bonchev–Trinajstić information content (AvgIpc) is 3.39. The van der Waals surface area contributed by atoms with E-state index in [0.29, 0.717) is 5.16 Å². The molecule has 166 valence electrons. The summed E-state index contributed by atoms with van der Waals surface area (Å²) in [5, 5.41) is 9.38. The summed E-state index contributed by atoms with van der Waals surface area (Å²) in [4.78, 5) is 19.6. The highest BCUT2D eigenvalue weighted by atomic mass is 32.2. The third kappa shape index (κ3) is 3.93. The Hall–Kier alpha value is -3.45. The number of thioether (sulfide) groups is 1. The van der Waals surface area contributed by atoms with E-state index in [1.165, 1.54) is 17.3 Å². The second kappa shape index (κ2) is 8.83. The number of carbonyl (C=O) groups excluding carboxylic acids is 1. The van der Waals surface area contributed by atoms with Gasteiger partial charge in [0.25, 0.3) is 0 Å². The zero-order valence-corrected chi connectivity index (χ0v) is 19.7. The Kier molecular flexibility index (Phi) is 5.72. The Bertz CT molecular complexity index is 1300. The van der Waals surface area contributed by atoms with E-state index in [1.54, 1.807) is 12.4 Å². The first-order chi connectivity index (χ1) is 16.0. The van der Waals surface area contributed by atoms with Crippen molar-refractivity contribution in [1.29, 1.82) is 0 Å². The summed E-state index contributed by atoms with van der Waals surface area (Å²) < 4.78 is 2.04. The summed E-state index contributed by atoms with van der Waals surface area (Å²) in [5.74, 6) is 0.816. The van der Waals surface area contributed by atoms with E-state index in [-0.39, 0.29) is 17.2 Å². The van der Waals surface area contributed by atoms with Crippen LogP contribution in [0.2, 0.25) is 0 Å². The zero-order chi connectivity index (χ0) is 22.9. The molecule has 0 fully saturated rings. The van der Waals surface area contributed by atoms with Gasteiger partial charge in [0.05, 0.1) is 10.9 Å². The molecule has 0 N–H and O–H groups in total. The van der Waals surface area contributed by atoms with Gasteiger partial charge in [-0.15, -0.1) is 10.2 Å². The van der Waals surface area contributed by atoms with Crippen LogP contribution >= 0.6 is 11.8 Å². The fraction of sp³-hybridized carbons (Fsp3) is 0.231. The predicted molar refractivity (Wildman–Crippen MR) is 132 cm³/mol. The lowest BCUT2D eigenvalue weighted by molar-refractivity contribution is -0.118. The maximum atomic E-state index is 13.6. The van der Waals surface area contributed by atoms with Crippen LogP contribution in [0.4, 0.5) is 5.69 Å². The van der Waals surface area contributed by atoms with Gasteiger partial charge in [0.2, 0.25) is 5.91 Å². The standard InChI is InChI=1S/C26H25N5OS/c1-17-8-4-6-10-22(17)31-24(20-12-14-27-15-13-20)28-29-26(31)33-19(3)25(32)30-18(2)16-21-9-5-7-11-23(21)30/h4-15,18-19H,16H2,1-3H3/t18-,19-/m0/s1. The molecule has 3 heterocycles. The van der Waals surface area contributed by atoms with Crippen LogP contribution in [0.25, 0.3) is 17.1 Å². The highest BCUT2D eigenvalue weighted by Crippen LogP contribution is 2.36. The topological polar surface area (TPSA) is 63.9 Å². The van der Waals surface area contributed by atoms with Gasteiger partial charge in [-0.05, 0) is 62.6 Å². The van der Waals surface area contributed by atoms with Gasteiger partial charge >= 0.3 is 0 Å². The monoisotopic (exact) mass is 455 g/mol. The number of aromatic nitrogens is 4. The number of hydrogen-bond donors (Lipinski definition) is 0. The fourth-order valence-corrected chi connectivity index (χ4v) is 5.28. The summed E-state index contributed by atoms with van der Waals surface area (Å²) in [5.41, 5.74) is 5.26. The molecule has 2 aromatic carbocycles. The predicted octanol–water partition coefficient (Wildman–Crippen LogP) is 5.10. The molecule has 6 nitrogen and oxygen atoms in total. The molecule has 0 bridgehead atoms. The van der Waals surface area contributed by atoms with Crippen LogP contribution in [-0.2, 0) is 11.2 Å². The molecule has 1 aliphatic rings. The first kappa shape index (κ1) is 21.4. The number of benzene rings is 2. The minimum atomic E-state index is -0.323. The van der Waals surface area contributed by atoms with Crippen molar-refractivity contribution in [1.82, 2.24) is 19.7 Å². The van der Waals surface area contributed by atoms with Gasteiger partial charge in [-0.1, -0.05) is 48.2 Å². The SMILES string of the molecule is Cc1ccccc1-n1c(S[C@@H](C)C(=O)N2c3ccccc3C[C@@H]2C)nnc1-c1ccncc1. The minimum Gasteiger partial charge on any atom is -0.308 e. The minimum absolute atomic E-state index is 0.0854. The van der Waals surface area contributed by atoms with Crippen molar-refractivity contribution >= 4 is 23.4 Å². The first-order valence-corrected chi connectivity index (χ1v) is 11.9. The van der Waals surface area contributed by atoms with Crippen LogP contribution in [0.15, 0.2) is 78.2 Å². The summed E-state index contributed by atoms with van der Waals surface area (Å²) in [7, 11) is 0. The number of nitrogens with zero attached hydrogens (tertiary/aromatic N) is 5. The van der Waals surface area contributed by atoms with Crippen molar-refractivity contribution in [3.8, 4) is 17.1 Å². The maximum absolute atomic E-state index is 13.6. The van der Waals surface area contributed by atoms with Crippen molar-refractivity contribution in [2.45, 2.75) is 43.6 Å².